The molecule has 1 aromatic carbocycles. The summed E-state index contributed by atoms with van der Waals surface area (Å²) in [6, 6.07) is 5.39. The average molecular weight is 275 g/mol. The van der Waals surface area contributed by atoms with Gasteiger partial charge in [-0.2, -0.15) is 0 Å². The Balaban J connectivity index is 2.29. The Morgan fingerprint density at radius 2 is 2.31 bits per heavy atom. The number of aromatic nitrogens is 1. The molecule has 1 amide bonds. The minimum Gasteiger partial charge on any atom is -0.301 e. The van der Waals surface area contributed by atoms with Gasteiger partial charge in [0.15, 0.2) is 5.13 Å². The van der Waals surface area contributed by atoms with Crippen LogP contribution in [0.25, 0.3) is 10.2 Å². The number of hydrogen-bond acceptors (Lipinski definition) is 3. The van der Waals surface area contributed by atoms with E-state index in [0.29, 0.717) is 10.2 Å². The normalized spacial score (nSPS) is 12.7. The van der Waals surface area contributed by atoms with Gasteiger partial charge in [0.2, 0.25) is 5.91 Å². The van der Waals surface area contributed by atoms with E-state index in [9.17, 15) is 4.79 Å². The van der Waals surface area contributed by atoms with Crippen molar-refractivity contribution in [2.75, 3.05) is 5.32 Å². The van der Waals surface area contributed by atoms with Crippen LogP contribution in [-0.4, -0.2) is 16.3 Å². The van der Waals surface area contributed by atoms with E-state index in [0.717, 1.165) is 10.2 Å². The lowest BCUT2D eigenvalue weighted by Crippen LogP contribution is -2.19. The quantitative estimate of drug-likeness (QED) is 0.852. The van der Waals surface area contributed by atoms with Gasteiger partial charge in [0.1, 0.15) is 5.38 Å². The Hall–Kier alpha value is -0.840. The summed E-state index contributed by atoms with van der Waals surface area (Å²) >= 11 is 12.9. The van der Waals surface area contributed by atoms with Crippen molar-refractivity contribution in [2.24, 2.45) is 0 Å². The molecular formula is C10H8Cl2N2OS. The zero-order chi connectivity index (χ0) is 11.7. The number of anilines is 1. The SMILES string of the molecule is CC(Cl)C(=O)Nc1nc2ccc(Cl)cc2s1. The van der Waals surface area contributed by atoms with Gasteiger partial charge >= 0.3 is 0 Å². The number of benzene rings is 1. The summed E-state index contributed by atoms with van der Waals surface area (Å²) in [6.07, 6.45) is 0. The minimum absolute atomic E-state index is 0.258. The Labute approximate surface area is 106 Å². The predicted octanol–water partition coefficient (Wildman–Crippen LogP) is 3.52. The highest BCUT2D eigenvalue weighted by molar-refractivity contribution is 7.22. The summed E-state index contributed by atoms with van der Waals surface area (Å²) in [7, 11) is 0. The van der Waals surface area contributed by atoms with Crippen LogP contribution in [0.3, 0.4) is 0 Å². The molecule has 1 atom stereocenters. The van der Waals surface area contributed by atoms with Crippen LogP contribution in [0.15, 0.2) is 18.2 Å². The second-order valence-corrected chi connectivity index (χ2v) is 5.36. The van der Waals surface area contributed by atoms with Crippen molar-refractivity contribution in [2.45, 2.75) is 12.3 Å². The molecule has 0 aliphatic heterocycles. The molecule has 3 nitrogen and oxygen atoms in total. The zero-order valence-electron chi connectivity index (χ0n) is 8.33. The third-order valence-corrected chi connectivity index (χ3v) is 3.31. The number of amides is 1. The first-order chi connectivity index (χ1) is 7.56. The van der Waals surface area contributed by atoms with E-state index in [-0.39, 0.29) is 5.91 Å². The molecule has 0 aliphatic carbocycles. The third-order valence-electron chi connectivity index (χ3n) is 1.94. The lowest BCUT2D eigenvalue weighted by atomic mass is 10.3. The summed E-state index contributed by atoms with van der Waals surface area (Å²) in [5.41, 5.74) is 0.812. The van der Waals surface area contributed by atoms with E-state index in [1.165, 1.54) is 11.3 Å². The molecule has 2 aromatic rings. The summed E-state index contributed by atoms with van der Waals surface area (Å²) in [4.78, 5) is 15.6. The van der Waals surface area contributed by atoms with Crippen molar-refractivity contribution in [3.63, 3.8) is 0 Å². The maximum Gasteiger partial charge on any atom is 0.243 e. The number of thiazole rings is 1. The summed E-state index contributed by atoms with van der Waals surface area (Å²) in [6.45, 7) is 1.61. The lowest BCUT2D eigenvalue weighted by Gasteiger charge is -2.01. The molecule has 1 unspecified atom stereocenters. The molecule has 0 saturated heterocycles. The summed E-state index contributed by atoms with van der Waals surface area (Å²) < 4.78 is 0.935. The number of nitrogens with zero attached hydrogens (tertiary/aromatic N) is 1. The third kappa shape index (κ3) is 2.45. The molecule has 0 fully saturated rings. The topological polar surface area (TPSA) is 42.0 Å². The van der Waals surface area contributed by atoms with Crippen LogP contribution < -0.4 is 5.32 Å². The highest BCUT2D eigenvalue weighted by atomic mass is 35.5. The lowest BCUT2D eigenvalue weighted by molar-refractivity contribution is -0.115. The smallest absolute Gasteiger partial charge is 0.243 e. The van der Waals surface area contributed by atoms with Crippen molar-refractivity contribution in [3.05, 3.63) is 23.2 Å². The molecule has 2 rings (SSSR count). The maximum atomic E-state index is 11.4. The summed E-state index contributed by atoms with van der Waals surface area (Å²) in [5.74, 6) is -0.258. The van der Waals surface area contributed by atoms with E-state index in [1.807, 2.05) is 12.1 Å². The van der Waals surface area contributed by atoms with Crippen LogP contribution >= 0.6 is 34.5 Å². The molecule has 6 heteroatoms. The largest absolute Gasteiger partial charge is 0.301 e. The summed E-state index contributed by atoms with van der Waals surface area (Å²) in [5, 5.41) is 3.26. The fraction of sp³-hybridized carbons (Fsp3) is 0.200. The van der Waals surface area contributed by atoms with Gasteiger partial charge in [-0.25, -0.2) is 4.98 Å². The zero-order valence-corrected chi connectivity index (χ0v) is 10.7. The second-order valence-electron chi connectivity index (χ2n) is 3.24. The highest BCUT2D eigenvalue weighted by Gasteiger charge is 2.12. The fourth-order valence-corrected chi connectivity index (χ4v) is 2.36. The Morgan fingerprint density at radius 1 is 1.56 bits per heavy atom. The fourth-order valence-electron chi connectivity index (χ4n) is 1.16. The number of carbonyl (C=O) groups excluding carboxylic acids is 1. The molecule has 0 bridgehead atoms. The van der Waals surface area contributed by atoms with Gasteiger partial charge in [-0.1, -0.05) is 22.9 Å². The van der Waals surface area contributed by atoms with Crippen molar-refractivity contribution < 1.29 is 4.79 Å². The number of nitrogens with one attached hydrogen (secondary N) is 1. The number of alkyl halides is 1. The first kappa shape index (κ1) is 11.6. The molecule has 1 aromatic heterocycles. The van der Waals surface area contributed by atoms with Crippen LogP contribution in [0.1, 0.15) is 6.92 Å². The van der Waals surface area contributed by atoms with Crippen molar-refractivity contribution in [3.8, 4) is 0 Å². The monoisotopic (exact) mass is 274 g/mol. The van der Waals surface area contributed by atoms with Crippen molar-refractivity contribution in [1.29, 1.82) is 0 Å². The Bertz CT molecular complexity index is 539. The molecule has 84 valence electrons. The van der Waals surface area contributed by atoms with Gasteiger partial charge < -0.3 is 5.32 Å². The number of fused-ring (bicyclic) bond motifs is 1. The average Bonchev–Trinajstić information content (AvgIpc) is 2.58. The Morgan fingerprint density at radius 3 is 3.00 bits per heavy atom. The number of carbonyl (C=O) groups is 1. The first-order valence-corrected chi connectivity index (χ1v) is 6.20. The van der Waals surface area contributed by atoms with Gasteiger partial charge in [-0.15, -0.1) is 11.6 Å². The van der Waals surface area contributed by atoms with Gasteiger partial charge in [0.25, 0.3) is 0 Å². The van der Waals surface area contributed by atoms with Gasteiger partial charge in [-0.05, 0) is 25.1 Å². The first-order valence-electron chi connectivity index (χ1n) is 4.57. The number of hydrogen-bond donors (Lipinski definition) is 1. The van der Waals surface area contributed by atoms with Gasteiger partial charge in [0.05, 0.1) is 10.2 Å². The molecule has 0 spiro atoms. The van der Waals surface area contributed by atoms with Crippen LogP contribution in [0.2, 0.25) is 5.02 Å². The molecular weight excluding hydrogens is 267 g/mol. The van der Waals surface area contributed by atoms with E-state index in [2.05, 4.69) is 10.3 Å². The Kier molecular flexibility index (Phi) is 3.33. The standard InChI is InChI=1S/C10H8Cl2N2OS/c1-5(11)9(15)14-10-13-7-3-2-6(12)4-8(7)16-10/h2-5H,1H3,(H,13,14,15). The molecule has 16 heavy (non-hydrogen) atoms. The predicted molar refractivity (Wildman–Crippen MR) is 68.6 cm³/mol. The van der Waals surface area contributed by atoms with Gasteiger partial charge in [-0.3, -0.25) is 4.79 Å². The van der Waals surface area contributed by atoms with Crippen LogP contribution in [0, 0.1) is 0 Å². The molecule has 1 heterocycles. The van der Waals surface area contributed by atoms with Crippen molar-refractivity contribution in [1.82, 2.24) is 4.98 Å². The van der Waals surface area contributed by atoms with Crippen LogP contribution in [0.4, 0.5) is 5.13 Å². The maximum absolute atomic E-state index is 11.4. The molecule has 1 N–H and O–H groups in total. The minimum atomic E-state index is -0.574. The number of halogens is 2. The van der Waals surface area contributed by atoms with E-state index in [1.54, 1.807) is 13.0 Å². The van der Waals surface area contributed by atoms with E-state index < -0.39 is 5.38 Å². The molecule has 0 radical (unpaired) electrons. The number of rotatable bonds is 2. The van der Waals surface area contributed by atoms with Crippen molar-refractivity contribution >= 4 is 55.8 Å². The molecule has 0 saturated carbocycles. The van der Waals surface area contributed by atoms with E-state index >= 15 is 0 Å². The van der Waals surface area contributed by atoms with Crippen LogP contribution in [-0.2, 0) is 4.79 Å². The molecule has 0 aliphatic rings. The van der Waals surface area contributed by atoms with Crippen LogP contribution in [0.5, 0.6) is 0 Å². The van der Waals surface area contributed by atoms with Gasteiger partial charge in [0, 0.05) is 5.02 Å². The highest BCUT2D eigenvalue weighted by Crippen LogP contribution is 2.28. The van der Waals surface area contributed by atoms with E-state index in [4.69, 9.17) is 23.2 Å². The second kappa shape index (κ2) is 4.57.